The zero-order chi connectivity index (χ0) is 15.6. The van der Waals surface area contributed by atoms with E-state index in [1.165, 1.54) is 0 Å². The zero-order valence-electron chi connectivity index (χ0n) is 13.0. The molecule has 2 rings (SSSR count). The number of carboxylic acid groups (broad SMARTS) is 1. The Kier molecular flexibility index (Phi) is 4.94. The van der Waals surface area contributed by atoms with E-state index >= 15 is 0 Å². The largest absolute Gasteiger partial charge is 0.481 e. The summed E-state index contributed by atoms with van der Waals surface area (Å²) < 4.78 is 1.67. The Labute approximate surface area is 130 Å². The number of halogens is 1. The highest BCUT2D eigenvalue weighted by atomic mass is 35.5. The predicted molar refractivity (Wildman–Crippen MR) is 82.4 cm³/mol. The first-order valence-corrected chi connectivity index (χ1v) is 7.91. The third-order valence-electron chi connectivity index (χ3n) is 4.49. The molecule has 1 saturated heterocycles. The molecule has 0 aromatic carbocycles. The molecule has 0 saturated carbocycles. The summed E-state index contributed by atoms with van der Waals surface area (Å²) in [6.45, 7) is 6.19. The second kappa shape index (κ2) is 6.36. The number of carbonyl (C=O) groups is 1. The van der Waals surface area contributed by atoms with Gasteiger partial charge in [-0.05, 0) is 32.7 Å². The summed E-state index contributed by atoms with van der Waals surface area (Å²) in [4.78, 5) is 13.9. The van der Waals surface area contributed by atoms with E-state index in [0.717, 1.165) is 43.5 Å². The minimum absolute atomic E-state index is 0.598. The molecule has 1 unspecified atom stereocenters. The first-order valence-electron chi connectivity index (χ1n) is 7.53. The average molecular weight is 314 g/mol. The molecule has 0 amide bonds. The van der Waals surface area contributed by atoms with Crippen molar-refractivity contribution in [1.29, 1.82) is 0 Å². The second-order valence-electron chi connectivity index (χ2n) is 6.13. The molecule has 0 spiro atoms. The van der Waals surface area contributed by atoms with Crippen molar-refractivity contribution >= 4 is 17.6 Å². The van der Waals surface area contributed by atoms with Crippen LogP contribution in [0.1, 0.15) is 43.9 Å². The maximum atomic E-state index is 11.7. The highest BCUT2D eigenvalue weighted by Gasteiger charge is 2.41. The van der Waals surface area contributed by atoms with Crippen molar-refractivity contribution < 1.29 is 9.90 Å². The molecule has 5 nitrogen and oxygen atoms in total. The molecule has 1 atom stereocenters. The molecule has 1 N–H and O–H groups in total. The number of hydrogen-bond acceptors (Lipinski definition) is 3. The maximum Gasteiger partial charge on any atom is 0.310 e. The lowest BCUT2D eigenvalue weighted by Crippen LogP contribution is -2.47. The number of aliphatic carboxylic acids is 1. The van der Waals surface area contributed by atoms with Gasteiger partial charge >= 0.3 is 5.97 Å². The van der Waals surface area contributed by atoms with Crippen LogP contribution in [0.15, 0.2) is 0 Å². The molecule has 2 heterocycles. The Bertz CT molecular complexity index is 525. The van der Waals surface area contributed by atoms with Crippen molar-refractivity contribution in [3.05, 3.63) is 16.4 Å². The van der Waals surface area contributed by atoms with Gasteiger partial charge < -0.3 is 5.11 Å². The monoisotopic (exact) mass is 313 g/mol. The number of aryl methyl sites for hydroxylation is 2. The molecule has 0 bridgehead atoms. The summed E-state index contributed by atoms with van der Waals surface area (Å²) in [6, 6.07) is 0. The van der Waals surface area contributed by atoms with Gasteiger partial charge in [0, 0.05) is 25.7 Å². The van der Waals surface area contributed by atoms with Gasteiger partial charge in [0.05, 0.1) is 11.1 Å². The van der Waals surface area contributed by atoms with Gasteiger partial charge in [0.2, 0.25) is 0 Å². The Morgan fingerprint density at radius 2 is 2.24 bits per heavy atom. The minimum atomic E-state index is -0.664. The molecule has 0 radical (unpaired) electrons. The number of piperidine rings is 1. The van der Waals surface area contributed by atoms with Crippen molar-refractivity contribution in [3.8, 4) is 0 Å². The summed E-state index contributed by atoms with van der Waals surface area (Å²) >= 11 is 6.29. The lowest BCUT2D eigenvalue weighted by molar-refractivity contribution is -0.153. The highest BCUT2D eigenvalue weighted by molar-refractivity contribution is 6.30. The summed E-state index contributed by atoms with van der Waals surface area (Å²) in [5.41, 5.74) is 1.33. The number of carboxylic acids is 1. The molecular weight excluding hydrogens is 290 g/mol. The van der Waals surface area contributed by atoms with Crippen LogP contribution in [0.25, 0.3) is 0 Å². The Balaban J connectivity index is 2.16. The van der Waals surface area contributed by atoms with E-state index in [-0.39, 0.29) is 0 Å². The summed E-state index contributed by atoms with van der Waals surface area (Å²) in [7, 11) is 1.83. The number of nitrogens with zero attached hydrogens (tertiary/aromatic N) is 3. The van der Waals surface area contributed by atoms with Gasteiger partial charge in [0.15, 0.2) is 0 Å². The molecule has 1 aliphatic heterocycles. The van der Waals surface area contributed by atoms with Crippen LogP contribution < -0.4 is 0 Å². The van der Waals surface area contributed by atoms with E-state index in [9.17, 15) is 9.90 Å². The van der Waals surface area contributed by atoms with E-state index in [2.05, 4.69) is 10.00 Å². The van der Waals surface area contributed by atoms with Crippen LogP contribution in [0.3, 0.4) is 0 Å². The molecule has 1 fully saturated rings. The lowest BCUT2D eigenvalue weighted by atomic mass is 9.76. The highest BCUT2D eigenvalue weighted by Crippen LogP contribution is 2.36. The quantitative estimate of drug-likeness (QED) is 0.908. The number of likely N-dealkylation sites (tertiary alicyclic amines) is 1. The van der Waals surface area contributed by atoms with Crippen LogP contribution in [0.4, 0.5) is 0 Å². The molecular formula is C15H24ClN3O2. The van der Waals surface area contributed by atoms with Crippen LogP contribution in [-0.4, -0.2) is 38.8 Å². The summed E-state index contributed by atoms with van der Waals surface area (Å²) in [5.74, 6) is -0.664. The standard InChI is InChI=1S/C15H24ClN3O2/c1-4-6-15(14(20)21)7-5-8-19(10-15)9-12-11(2)17-18(3)13(12)16/h4-10H2,1-3H3,(H,20,21). The van der Waals surface area contributed by atoms with E-state index in [0.29, 0.717) is 18.2 Å². The van der Waals surface area contributed by atoms with Gasteiger partial charge in [-0.2, -0.15) is 5.10 Å². The molecule has 6 heteroatoms. The van der Waals surface area contributed by atoms with Crippen LogP contribution in [0, 0.1) is 12.3 Å². The van der Waals surface area contributed by atoms with Gasteiger partial charge in [-0.25, -0.2) is 0 Å². The third-order valence-corrected chi connectivity index (χ3v) is 4.96. The van der Waals surface area contributed by atoms with Crippen molar-refractivity contribution in [1.82, 2.24) is 14.7 Å². The van der Waals surface area contributed by atoms with Crippen LogP contribution >= 0.6 is 11.6 Å². The molecule has 0 aliphatic carbocycles. The number of rotatable bonds is 5. The topological polar surface area (TPSA) is 58.4 Å². The van der Waals surface area contributed by atoms with Crippen molar-refractivity contribution in [2.24, 2.45) is 12.5 Å². The van der Waals surface area contributed by atoms with Gasteiger partial charge in [0.25, 0.3) is 0 Å². The molecule has 118 valence electrons. The summed E-state index contributed by atoms with van der Waals surface area (Å²) in [5, 5.41) is 14.6. The first-order chi connectivity index (χ1) is 9.89. The smallest absolute Gasteiger partial charge is 0.310 e. The van der Waals surface area contributed by atoms with Crippen LogP contribution in [0.2, 0.25) is 5.15 Å². The first kappa shape index (κ1) is 16.3. The fourth-order valence-electron chi connectivity index (χ4n) is 3.40. The number of hydrogen-bond donors (Lipinski definition) is 1. The van der Waals surface area contributed by atoms with Crippen LogP contribution in [0.5, 0.6) is 0 Å². The minimum Gasteiger partial charge on any atom is -0.481 e. The van der Waals surface area contributed by atoms with Crippen molar-refractivity contribution in [3.63, 3.8) is 0 Å². The van der Waals surface area contributed by atoms with Crippen molar-refractivity contribution in [2.75, 3.05) is 13.1 Å². The van der Waals surface area contributed by atoms with E-state index in [4.69, 9.17) is 11.6 Å². The summed E-state index contributed by atoms with van der Waals surface area (Å²) in [6.07, 6.45) is 3.32. The zero-order valence-corrected chi connectivity index (χ0v) is 13.8. The van der Waals surface area contributed by atoms with Gasteiger partial charge in [-0.1, -0.05) is 24.9 Å². The fraction of sp³-hybridized carbons (Fsp3) is 0.733. The Morgan fingerprint density at radius 3 is 2.76 bits per heavy atom. The van der Waals surface area contributed by atoms with Gasteiger partial charge in [-0.3, -0.25) is 14.4 Å². The second-order valence-corrected chi connectivity index (χ2v) is 6.49. The van der Waals surface area contributed by atoms with Gasteiger partial charge in [0.1, 0.15) is 5.15 Å². The average Bonchev–Trinajstić information content (AvgIpc) is 2.66. The Morgan fingerprint density at radius 1 is 1.52 bits per heavy atom. The van der Waals surface area contributed by atoms with E-state index in [1.807, 2.05) is 20.9 Å². The SMILES string of the molecule is CCCC1(C(=O)O)CCCN(Cc2c(C)nn(C)c2Cl)C1. The normalized spacial score (nSPS) is 23.4. The van der Waals surface area contributed by atoms with E-state index in [1.54, 1.807) is 4.68 Å². The molecule has 1 aromatic rings. The van der Waals surface area contributed by atoms with E-state index < -0.39 is 11.4 Å². The molecule has 1 aliphatic rings. The molecule has 1 aromatic heterocycles. The Hall–Kier alpha value is -1.07. The fourth-order valence-corrected chi connectivity index (χ4v) is 3.64. The number of aromatic nitrogens is 2. The third kappa shape index (κ3) is 3.24. The van der Waals surface area contributed by atoms with Crippen LogP contribution in [-0.2, 0) is 18.4 Å². The maximum absolute atomic E-state index is 11.7. The lowest BCUT2D eigenvalue weighted by Gasteiger charge is -2.40. The van der Waals surface area contributed by atoms with Crippen molar-refractivity contribution in [2.45, 2.75) is 46.1 Å². The molecule has 21 heavy (non-hydrogen) atoms. The van der Waals surface area contributed by atoms with Gasteiger partial charge in [-0.15, -0.1) is 0 Å². The predicted octanol–water partition coefficient (Wildman–Crippen LogP) is 2.85.